The molecule has 0 spiro atoms. The highest BCUT2D eigenvalue weighted by atomic mass is 19.3. The number of hydrogen-bond acceptors (Lipinski definition) is 4. The summed E-state index contributed by atoms with van der Waals surface area (Å²) in [6.45, 7) is -2.99. The third-order valence-electron chi connectivity index (χ3n) is 3.92. The van der Waals surface area contributed by atoms with E-state index in [9.17, 15) is 18.8 Å². The van der Waals surface area contributed by atoms with E-state index in [0.717, 1.165) is 0 Å². The molecule has 2 aromatic carbocycles. The van der Waals surface area contributed by atoms with Crippen molar-refractivity contribution in [3.05, 3.63) is 77.8 Å². The van der Waals surface area contributed by atoms with Gasteiger partial charge in [-0.3, -0.25) is 4.79 Å². The zero-order valence-electron chi connectivity index (χ0n) is 14.8. The summed E-state index contributed by atoms with van der Waals surface area (Å²) < 4.78 is 35.8. The van der Waals surface area contributed by atoms with E-state index in [2.05, 4.69) is 10.1 Å². The molecule has 1 aromatic heterocycles. The van der Waals surface area contributed by atoms with Crippen LogP contribution < -0.4 is 19.5 Å². The number of ether oxygens (including phenoxy) is 2. The first kappa shape index (κ1) is 19.1. The molecule has 0 saturated carbocycles. The standard InChI is InChI=1S/C20H16F2N2O4/c1-27-16-5-2-13(3-6-16)17-12-15(4-7-18(17)28-20(21)22)23-19(25)14-8-10-24(26)11-9-14/h2-12,20H,1H3,(H,23,25). The maximum atomic E-state index is 12.8. The monoisotopic (exact) mass is 386 g/mol. The van der Waals surface area contributed by atoms with Crippen LogP contribution in [0.1, 0.15) is 10.4 Å². The molecule has 1 amide bonds. The average Bonchev–Trinajstić information content (AvgIpc) is 2.69. The summed E-state index contributed by atoms with van der Waals surface area (Å²) in [6.07, 6.45) is 2.41. The molecular formula is C20H16F2N2O4. The molecule has 144 valence electrons. The highest BCUT2D eigenvalue weighted by molar-refractivity contribution is 6.04. The molecule has 1 heterocycles. The summed E-state index contributed by atoms with van der Waals surface area (Å²) in [5.74, 6) is 0.151. The van der Waals surface area contributed by atoms with Gasteiger partial charge in [0.05, 0.1) is 12.7 Å². The number of carbonyl (C=O) groups is 1. The molecule has 1 N–H and O–H groups in total. The summed E-state index contributed by atoms with van der Waals surface area (Å²) in [4.78, 5) is 12.3. The van der Waals surface area contributed by atoms with Crippen LogP contribution in [-0.2, 0) is 0 Å². The SMILES string of the molecule is COc1ccc(-c2cc(NC(=O)c3cc[n+]([O-])cc3)ccc2OC(F)F)cc1. The number of anilines is 1. The third kappa shape index (κ3) is 4.53. The fourth-order valence-electron chi connectivity index (χ4n) is 2.57. The highest BCUT2D eigenvalue weighted by Gasteiger charge is 2.14. The third-order valence-corrected chi connectivity index (χ3v) is 3.92. The van der Waals surface area contributed by atoms with Crippen LogP contribution in [0.4, 0.5) is 14.5 Å². The lowest BCUT2D eigenvalue weighted by molar-refractivity contribution is -0.605. The second-order valence-electron chi connectivity index (χ2n) is 5.72. The summed E-state index contributed by atoms with van der Waals surface area (Å²) >= 11 is 0. The second-order valence-corrected chi connectivity index (χ2v) is 5.72. The van der Waals surface area contributed by atoms with Crippen molar-refractivity contribution in [1.29, 1.82) is 0 Å². The number of benzene rings is 2. The fraction of sp³-hybridized carbons (Fsp3) is 0.100. The van der Waals surface area contributed by atoms with Crippen LogP contribution in [0.15, 0.2) is 67.0 Å². The number of methoxy groups -OCH3 is 1. The predicted octanol–water partition coefficient (Wildman–Crippen LogP) is 3.85. The minimum atomic E-state index is -2.99. The van der Waals surface area contributed by atoms with E-state index in [-0.39, 0.29) is 11.3 Å². The molecule has 0 bridgehead atoms. The normalized spacial score (nSPS) is 10.6. The van der Waals surface area contributed by atoms with Crippen LogP contribution in [-0.4, -0.2) is 19.6 Å². The van der Waals surface area contributed by atoms with E-state index in [4.69, 9.17) is 4.74 Å². The Balaban J connectivity index is 1.92. The summed E-state index contributed by atoms with van der Waals surface area (Å²) in [5.41, 5.74) is 1.66. The van der Waals surface area contributed by atoms with E-state index >= 15 is 0 Å². The zero-order valence-corrected chi connectivity index (χ0v) is 14.8. The van der Waals surface area contributed by atoms with E-state index in [1.165, 1.54) is 49.8 Å². The Labute approximate surface area is 159 Å². The van der Waals surface area contributed by atoms with Crippen LogP contribution in [0, 0.1) is 5.21 Å². The Morgan fingerprint density at radius 3 is 2.36 bits per heavy atom. The molecule has 3 rings (SSSR count). The Hall–Kier alpha value is -3.68. The topological polar surface area (TPSA) is 74.5 Å². The van der Waals surface area contributed by atoms with Crippen molar-refractivity contribution in [2.75, 3.05) is 12.4 Å². The number of aromatic nitrogens is 1. The van der Waals surface area contributed by atoms with Gasteiger partial charge in [0.1, 0.15) is 11.5 Å². The first-order chi connectivity index (χ1) is 13.5. The van der Waals surface area contributed by atoms with Crippen molar-refractivity contribution in [1.82, 2.24) is 0 Å². The van der Waals surface area contributed by atoms with Crippen LogP contribution >= 0.6 is 0 Å². The Morgan fingerprint density at radius 1 is 1.07 bits per heavy atom. The Kier molecular flexibility index (Phi) is 5.69. The van der Waals surface area contributed by atoms with Gasteiger partial charge in [0, 0.05) is 23.4 Å². The van der Waals surface area contributed by atoms with Crippen molar-refractivity contribution in [3.8, 4) is 22.6 Å². The minimum Gasteiger partial charge on any atom is -0.619 e. The van der Waals surface area contributed by atoms with Crippen molar-refractivity contribution < 1.29 is 27.8 Å². The van der Waals surface area contributed by atoms with E-state index in [0.29, 0.717) is 27.3 Å². The summed E-state index contributed by atoms with van der Waals surface area (Å²) in [5, 5.41) is 13.7. The fourth-order valence-corrected chi connectivity index (χ4v) is 2.57. The quantitative estimate of drug-likeness (QED) is 0.516. The molecule has 0 fully saturated rings. The molecular weight excluding hydrogens is 370 g/mol. The summed E-state index contributed by atoms with van der Waals surface area (Å²) in [6, 6.07) is 13.9. The lowest BCUT2D eigenvalue weighted by atomic mass is 10.0. The molecule has 0 atom stereocenters. The van der Waals surface area contributed by atoms with Crippen LogP contribution in [0.3, 0.4) is 0 Å². The van der Waals surface area contributed by atoms with Crippen LogP contribution in [0.2, 0.25) is 0 Å². The van der Waals surface area contributed by atoms with E-state index in [1.807, 2.05) is 0 Å². The zero-order chi connectivity index (χ0) is 20.1. The number of amides is 1. The molecule has 28 heavy (non-hydrogen) atoms. The summed E-state index contributed by atoms with van der Waals surface area (Å²) in [7, 11) is 1.52. The van der Waals surface area contributed by atoms with Gasteiger partial charge in [-0.15, -0.1) is 0 Å². The number of nitrogens with zero attached hydrogens (tertiary/aromatic N) is 1. The van der Waals surface area contributed by atoms with Gasteiger partial charge in [-0.25, -0.2) is 0 Å². The van der Waals surface area contributed by atoms with Crippen molar-refractivity contribution in [3.63, 3.8) is 0 Å². The van der Waals surface area contributed by atoms with Crippen molar-refractivity contribution in [2.24, 2.45) is 0 Å². The molecule has 0 saturated heterocycles. The molecule has 0 aliphatic carbocycles. The number of alkyl halides is 2. The van der Waals surface area contributed by atoms with Gasteiger partial charge in [-0.05, 0) is 35.9 Å². The largest absolute Gasteiger partial charge is 0.619 e. The van der Waals surface area contributed by atoms with Gasteiger partial charge in [-0.2, -0.15) is 13.5 Å². The molecule has 0 unspecified atom stereocenters. The van der Waals surface area contributed by atoms with E-state index in [1.54, 1.807) is 24.3 Å². The molecule has 0 aliphatic heterocycles. The lowest BCUT2D eigenvalue weighted by Crippen LogP contribution is -2.25. The van der Waals surface area contributed by atoms with Gasteiger partial charge in [0.2, 0.25) is 0 Å². The van der Waals surface area contributed by atoms with Crippen molar-refractivity contribution in [2.45, 2.75) is 6.61 Å². The van der Waals surface area contributed by atoms with Crippen LogP contribution in [0.5, 0.6) is 11.5 Å². The number of pyridine rings is 1. The van der Waals surface area contributed by atoms with E-state index < -0.39 is 12.5 Å². The lowest BCUT2D eigenvalue weighted by Gasteiger charge is -2.14. The first-order valence-electron chi connectivity index (χ1n) is 8.20. The average molecular weight is 386 g/mol. The second kappa shape index (κ2) is 8.34. The maximum Gasteiger partial charge on any atom is 0.387 e. The Morgan fingerprint density at radius 2 is 1.75 bits per heavy atom. The van der Waals surface area contributed by atoms with Gasteiger partial charge in [0.25, 0.3) is 5.91 Å². The smallest absolute Gasteiger partial charge is 0.387 e. The van der Waals surface area contributed by atoms with Gasteiger partial charge < -0.3 is 20.0 Å². The van der Waals surface area contributed by atoms with Crippen molar-refractivity contribution >= 4 is 11.6 Å². The first-order valence-corrected chi connectivity index (χ1v) is 8.20. The molecule has 3 aromatic rings. The molecule has 8 heteroatoms. The van der Waals surface area contributed by atoms with Crippen LogP contribution in [0.25, 0.3) is 11.1 Å². The predicted molar refractivity (Wildman–Crippen MR) is 98.4 cm³/mol. The number of rotatable bonds is 6. The Bertz CT molecular complexity index is 961. The number of halogens is 2. The maximum absolute atomic E-state index is 12.8. The number of carbonyl (C=O) groups excluding carboxylic acids is 1. The van der Waals surface area contributed by atoms with Gasteiger partial charge in [0.15, 0.2) is 12.4 Å². The number of nitrogens with one attached hydrogen (secondary N) is 1. The molecule has 0 radical (unpaired) electrons. The molecule has 6 nitrogen and oxygen atoms in total. The number of hydrogen-bond donors (Lipinski definition) is 1. The van der Waals surface area contributed by atoms with Gasteiger partial charge in [-0.1, -0.05) is 12.1 Å². The minimum absolute atomic E-state index is 0.0229. The molecule has 0 aliphatic rings. The van der Waals surface area contributed by atoms with Gasteiger partial charge >= 0.3 is 6.61 Å². The highest BCUT2D eigenvalue weighted by Crippen LogP contribution is 2.34.